The molecule has 2 N–H and O–H groups in total. The number of carbonyl (C=O) groups excluding carboxylic acids is 1. The molecule has 1 atom stereocenters. The quantitative estimate of drug-likeness (QED) is 0.719. The van der Waals surface area contributed by atoms with Crippen molar-refractivity contribution in [3.05, 3.63) is 35.4 Å². The fourth-order valence-corrected chi connectivity index (χ4v) is 2.54. The number of amides is 1. The molecule has 1 unspecified atom stereocenters. The van der Waals surface area contributed by atoms with Crippen LogP contribution in [0.15, 0.2) is 24.3 Å². The van der Waals surface area contributed by atoms with Crippen molar-refractivity contribution in [3.8, 4) is 0 Å². The summed E-state index contributed by atoms with van der Waals surface area (Å²) in [6.45, 7) is 4.89. The van der Waals surface area contributed by atoms with E-state index in [-0.39, 0.29) is 18.4 Å². The third kappa shape index (κ3) is 6.12. The van der Waals surface area contributed by atoms with Gasteiger partial charge in [-0.1, -0.05) is 29.8 Å². The highest BCUT2D eigenvalue weighted by molar-refractivity contribution is 7.99. The lowest BCUT2D eigenvalue weighted by molar-refractivity contribution is -0.122. The molecule has 1 amide bonds. The van der Waals surface area contributed by atoms with E-state index in [1.165, 1.54) is 5.56 Å². The Morgan fingerprint density at radius 1 is 1.42 bits per heavy atom. The second kappa shape index (κ2) is 8.99. The van der Waals surface area contributed by atoms with Crippen molar-refractivity contribution in [3.63, 3.8) is 0 Å². The van der Waals surface area contributed by atoms with Crippen LogP contribution in [0.5, 0.6) is 0 Å². The van der Waals surface area contributed by atoms with Crippen LogP contribution in [0.1, 0.15) is 30.4 Å². The minimum Gasteiger partial charge on any atom is -0.396 e. The molecule has 19 heavy (non-hydrogen) atoms. The van der Waals surface area contributed by atoms with Crippen LogP contribution in [-0.2, 0) is 4.79 Å². The minimum atomic E-state index is -0.109. The van der Waals surface area contributed by atoms with Gasteiger partial charge in [0, 0.05) is 18.9 Å². The van der Waals surface area contributed by atoms with Gasteiger partial charge in [0.15, 0.2) is 0 Å². The topological polar surface area (TPSA) is 49.3 Å². The molecule has 1 aromatic carbocycles. The molecule has 0 aromatic heterocycles. The highest BCUT2D eigenvalue weighted by Crippen LogP contribution is 2.16. The summed E-state index contributed by atoms with van der Waals surface area (Å²) in [5.41, 5.74) is 2.24. The third-order valence-corrected chi connectivity index (χ3v) is 4.00. The third-order valence-electron chi connectivity index (χ3n) is 2.93. The van der Waals surface area contributed by atoms with Crippen molar-refractivity contribution < 1.29 is 9.90 Å². The maximum absolute atomic E-state index is 12.0. The van der Waals surface area contributed by atoms with E-state index in [2.05, 4.69) is 11.4 Å². The van der Waals surface area contributed by atoms with Crippen LogP contribution in [0.25, 0.3) is 0 Å². The SMILES string of the molecule is Cc1cccc(C(C)C(=O)NCCSCCCO)c1. The van der Waals surface area contributed by atoms with E-state index in [1.54, 1.807) is 11.8 Å². The first-order chi connectivity index (χ1) is 9.15. The smallest absolute Gasteiger partial charge is 0.227 e. The van der Waals surface area contributed by atoms with Gasteiger partial charge in [-0.15, -0.1) is 0 Å². The summed E-state index contributed by atoms with van der Waals surface area (Å²) in [5.74, 6) is 1.81. The minimum absolute atomic E-state index is 0.0772. The zero-order chi connectivity index (χ0) is 14.1. The Balaban J connectivity index is 2.29. The lowest BCUT2D eigenvalue weighted by Gasteiger charge is -2.13. The van der Waals surface area contributed by atoms with E-state index in [4.69, 9.17) is 5.11 Å². The van der Waals surface area contributed by atoms with Crippen LogP contribution in [-0.4, -0.2) is 35.7 Å². The molecule has 4 heteroatoms. The highest BCUT2D eigenvalue weighted by atomic mass is 32.2. The van der Waals surface area contributed by atoms with E-state index in [1.807, 2.05) is 32.0 Å². The number of benzene rings is 1. The van der Waals surface area contributed by atoms with Crippen molar-refractivity contribution in [2.24, 2.45) is 0 Å². The second-order valence-corrected chi connectivity index (χ2v) is 5.84. The Labute approximate surface area is 119 Å². The Bertz CT molecular complexity index is 395. The van der Waals surface area contributed by atoms with Crippen LogP contribution >= 0.6 is 11.8 Å². The van der Waals surface area contributed by atoms with Crippen LogP contribution in [0.4, 0.5) is 0 Å². The lowest BCUT2D eigenvalue weighted by Crippen LogP contribution is -2.30. The lowest BCUT2D eigenvalue weighted by atomic mass is 9.99. The Hall–Kier alpha value is -1.00. The van der Waals surface area contributed by atoms with E-state index in [0.29, 0.717) is 6.54 Å². The zero-order valence-corrected chi connectivity index (χ0v) is 12.5. The highest BCUT2D eigenvalue weighted by Gasteiger charge is 2.14. The standard InChI is InChI=1S/C15H23NO2S/c1-12-5-3-6-14(11-12)13(2)15(18)16-7-10-19-9-4-8-17/h3,5-6,11,13,17H,4,7-10H2,1-2H3,(H,16,18). The first kappa shape index (κ1) is 16.1. The van der Waals surface area contributed by atoms with E-state index in [0.717, 1.165) is 23.5 Å². The van der Waals surface area contributed by atoms with Gasteiger partial charge < -0.3 is 10.4 Å². The predicted molar refractivity (Wildman–Crippen MR) is 81.6 cm³/mol. The number of aryl methyl sites for hydroxylation is 1. The fourth-order valence-electron chi connectivity index (χ4n) is 1.76. The Morgan fingerprint density at radius 2 is 2.21 bits per heavy atom. The first-order valence-corrected chi connectivity index (χ1v) is 7.83. The average Bonchev–Trinajstić information content (AvgIpc) is 2.41. The summed E-state index contributed by atoms with van der Waals surface area (Å²) in [7, 11) is 0. The van der Waals surface area contributed by atoms with Crippen molar-refractivity contribution in [1.82, 2.24) is 5.32 Å². The fraction of sp³-hybridized carbons (Fsp3) is 0.533. The molecule has 1 rings (SSSR count). The second-order valence-electron chi connectivity index (χ2n) is 4.62. The molecule has 106 valence electrons. The van der Waals surface area contributed by atoms with Gasteiger partial charge in [-0.05, 0) is 31.6 Å². The summed E-state index contributed by atoms with van der Waals surface area (Å²) in [6.07, 6.45) is 0.818. The van der Waals surface area contributed by atoms with Gasteiger partial charge in [-0.3, -0.25) is 4.79 Å². The summed E-state index contributed by atoms with van der Waals surface area (Å²) in [5, 5.41) is 11.6. The largest absolute Gasteiger partial charge is 0.396 e. The molecule has 0 saturated heterocycles. The van der Waals surface area contributed by atoms with Crippen LogP contribution in [0.3, 0.4) is 0 Å². The molecule has 1 aromatic rings. The van der Waals surface area contributed by atoms with Gasteiger partial charge in [0.05, 0.1) is 5.92 Å². The number of hydrogen-bond acceptors (Lipinski definition) is 3. The molecule has 0 bridgehead atoms. The van der Waals surface area contributed by atoms with Gasteiger partial charge in [0.2, 0.25) is 5.91 Å². The van der Waals surface area contributed by atoms with Gasteiger partial charge in [-0.2, -0.15) is 11.8 Å². The molecule has 0 fully saturated rings. The van der Waals surface area contributed by atoms with Gasteiger partial charge in [-0.25, -0.2) is 0 Å². The Kier molecular flexibility index (Phi) is 7.60. The number of aliphatic hydroxyl groups is 1. The summed E-state index contributed by atoms with van der Waals surface area (Å²) in [4.78, 5) is 12.0. The molecule has 0 spiro atoms. The molecule has 0 heterocycles. The number of carbonyl (C=O) groups is 1. The molecule has 0 aliphatic heterocycles. The van der Waals surface area contributed by atoms with Crippen molar-refractivity contribution in [2.75, 3.05) is 24.7 Å². The molecule has 0 radical (unpaired) electrons. The zero-order valence-electron chi connectivity index (χ0n) is 11.7. The number of thioether (sulfide) groups is 1. The Morgan fingerprint density at radius 3 is 2.89 bits per heavy atom. The normalized spacial score (nSPS) is 12.2. The number of nitrogens with one attached hydrogen (secondary N) is 1. The van der Waals surface area contributed by atoms with Crippen molar-refractivity contribution in [2.45, 2.75) is 26.2 Å². The number of aliphatic hydroxyl groups excluding tert-OH is 1. The summed E-state index contributed by atoms with van der Waals surface area (Å²) < 4.78 is 0. The first-order valence-electron chi connectivity index (χ1n) is 6.68. The van der Waals surface area contributed by atoms with E-state index < -0.39 is 0 Å². The van der Waals surface area contributed by atoms with E-state index in [9.17, 15) is 4.79 Å². The van der Waals surface area contributed by atoms with E-state index >= 15 is 0 Å². The maximum Gasteiger partial charge on any atom is 0.227 e. The van der Waals surface area contributed by atoms with Crippen LogP contribution < -0.4 is 5.32 Å². The summed E-state index contributed by atoms with van der Waals surface area (Å²) in [6, 6.07) is 8.07. The summed E-state index contributed by atoms with van der Waals surface area (Å²) >= 11 is 1.76. The monoisotopic (exact) mass is 281 g/mol. The molecule has 0 saturated carbocycles. The number of rotatable bonds is 8. The van der Waals surface area contributed by atoms with Gasteiger partial charge in [0.1, 0.15) is 0 Å². The molecular formula is C15H23NO2S. The van der Waals surface area contributed by atoms with Crippen LogP contribution in [0, 0.1) is 6.92 Å². The number of hydrogen-bond donors (Lipinski definition) is 2. The van der Waals surface area contributed by atoms with Crippen molar-refractivity contribution in [1.29, 1.82) is 0 Å². The van der Waals surface area contributed by atoms with Gasteiger partial charge in [0.25, 0.3) is 0 Å². The molecular weight excluding hydrogens is 258 g/mol. The van der Waals surface area contributed by atoms with Gasteiger partial charge >= 0.3 is 0 Å². The van der Waals surface area contributed by atoms with Crippen molar-refractivity contribution >= 4 is 17.7 Å². The molecule has 0 aliphatic rings. The maximum atomic E-state index is 12.0. The molecule has 3 nitrogen and oxygen atoms in total. The average molecular weight is 281 g/mol. The predicted octanol–water partition coefficient (Wildman–Crippen LogP) is 2.33. The van der Waals surface area contributed by atoms with Crippen LogP contribution in [0.2, 0.25) is 0 Å². The molecule has 0 aliphatic carbocycles.